The molecule has 35 heavy (non-hydrogen) atoms. The lowest BCUT2D eigenvalue weighted by Gasteiger charge is -2.37. The zero-order valence-corrected chi connectivity index (χ0v) is 20.7. The number of nitrogens with zero attached hydrogens (tertiary/aromatic N) is 6. The first-order chi connectivity index (χ1) is 16.9. The first kappa shape index (κ1) is 23.2. The second kappa shape index (κ2) is 9.59. The van der Waals surface area contributed by atoms with Crippen LogP contribution in [0.25, 0.3) is 10.9 Å². The van der Waals surface area contributed by atoms with E-state index in [1.807, 2.05) is 36.4 Å². The number of aromatic amines is 1. The Kier molecular flexibility index (Phi) is 6.36. The summed E-state index contributed by atoms with van der Waals surface area (Å²) in [6.07, 6.45) is 0. The number of pyridine rings is 1. The Hall–Kier alpha value is -3.56. The summed E-state index contributed by atoms with van der Waals surface area (Å²) in [7, 11) is 3.77. The molecule has 1 aliphatic rings. The Bertz CT molecular complexity index is 1390. The number of hydrogen-bond donors (Lipinski definition) is 1. The van der Waals surface area contributed by atoms with Crippen molar-refractivity contribution in [2.24, 2.45) is 0 Å². The average molecular weight is 474 g/mol. The summed E-state index contributed by atoms with van der Waals surface area (Å²) in [6, 6.07) is 13.7. The van der Waals surface area contributed by atoms with Crippen LogP contribution in [0.5, 0.6) is 5.75 Å². The van der Waals surface area contributed by atoms with Crippen LogP contribution in [-0.2, 0) is 6.54 Å². The maximum Gasteiger partial charge on any atom is 0.253 e. The maximum atomic E-state index is 13.4. The van der Waals surface area contributed by atoms with Gasteiger partial charge in [0.15, 0.2) is 5.82 Å². The predicted molar refractivity (Wildman–Crippen MR) is 135 cm³/mol. The van der Waals surface area contributed by atoms with Gasteiger partial charge in [-0.25, -0.2) is 4.68 Å². The van der Waals surface area contributed by atoms with Gasteiger partial charge in [0, 0.05) is 37.3 Å². The Balaban J connectivity index is 1.59. The zero-order valence-electron chi connectivity index (χ0n) is 20.7. The fraction of sp³-hybridized carbons (Fsp3) is 0.385. The van der Waals surface area contributed by atoms with E-state index in [4.69, 9.17) is 4.74 Å². The molecule has 0 bridgehead atoms. The first-order valence-corrected chi connectivity index (χ1v) is 11.9. The fourth-order valence-corrected chi connectivity index (χ4v) is 4.70. The minimum absolute atomic E-state index is 0.108. The van der Waals surface area contributed by atoms with E-state index < -0.39 is 0 Å². The monoisotopic (exact) mass is 473 g/mol. The number of rotatable bonds is 6. The number of piperazine rings is 1. The maximum absolute atomic E-state index is 13.4. The van der Waals surface area contributed by atoms with E-state index in [-0.39, 0.29) is 11.6 Å². The number of H-pyrrole nitrogens is 1. The molecule has 1 atom stereocenters. The van der Waals surface area contributed by atoms with Crippen LogP contribution in [0.1, 0.15) is 34.1 Å². The van der Waals surface area contributed by atoms with Gasteiger partial charge in [0.2, 0.25) is 0 Å². The molecule has 0 amide bonds. The lowest BCUT2D eigenvalue weighted by molar-refractivity contribution is 0.121. The van der Waals surface area contributed by atoms with Crippen molar-refractivity contribution >= 4 is 10.9 Å². The number of ether oxygens (including phenoxy) is 1. The number of nitrogens with one attached hydrogen (secondary N) is 1. The molecule has 2 aromatic carbocycles. The van der Waals surface area contributed by atoms with E-state index in [0.717, 1.165) is 54.0 Å². The van der Waals surface area contributed by atoms with Crippen LogP contribution >= 0.6 is 0 Å². The smallest absolute Gasteiger partial charge is 0.253 e. The molecular formula is C26H31N7O2. The van der Waals surface area contributed by atoms with Crippen molar-refractivity contribution in [3.8, 4) is 5.75 Å². The molecule has 3 heterocycles. The largest absolute Gasteiger partial charge is 0.497 e. The number of tetrazole rings is 1. The van der Waals surface area contributed by atoms with Crippen LogP contribution in [0.2, 0.25) is 0 Å². The van der Waals surface area contributed by atoms with Gasteiger partial charge in [0.05, 0.1) is 13.7 Å². The molecule has 0 radical (unpaired) electrons. The van der Waals surface area contributed by atoms with Gasteiger partial charge < -0.3 is 14.6 Å². The van der Waals surface area contributed by atoms with Gasteiger partial charge in [-0.3, -0.25) is 9.69 Å². The topological polar surface area (TPSA) is 92.2 Å². The molecule has 1 aliphatic heterocycles. The minimum atomic E-state index is -0.355. The fourth-order valence-electron chi connectivity index (χ4n) is 4.70. The van der Waals surface area contributed by atoms with E-state index >= 15 is 0 Å². The number of benzene rings is 2. The summed E-state index contributed by atoms with van der Waals surface area (Å²) in [5.41, 5.74) is 4.79. The molecule has 182 valence electrons. The van der Waals surface area contributed by atoms with Crippen molar-refractivity contribution in [2.45, 2.75) is 26.4 Å². The van der Waals surface area contributed by atoms with Crippen molar-refractivity contribution in [3.05, 3.63) is 80.9 Å². The molecule has 0 spiro atoms. The number of fused-ring (bicyclic) bond motifs is 1. The summed E-state index contributed by atoms with van der Waals surface area (Å²) < 4.78 is 7.08. The molecule has 1 fully saturated rings. The van der Waals surface area contributed by atoms with Gasteiger partial charge in [-0.05, 0) is 83.7 Å². The van der Waals surface area contributed by atoms with Crippen LogP contribution < -0.4 is 10.3 Å². The highest BCUT2D eigenvalue weighted by Crippen LogP contribution is 2.28. The Labute approximate surface area is 204 Å². The minimum Gasteiger partial charge on any atom is -0.497 e. The van der Waals surface area contributed by atoms with Gasteiger partial charge in [-0.15, -0.1) is 5.10 Å². The van der Waals surface area contributed by atoms with Gasteiger partial charge in [0.25, 0.3) is 5.56 Å². The average Bonchev–Trinajstić information content (AvgIpc) is 3.30. The van der Waals surface area contributed by atoms with E-state index in [1.165, 1.54) is 5.56 Å². The van der Waals surface area contributed by atoms with Crippen molar-refractivity contribution in [1.82, 2.24) is 35.0 Å². The molecule has 0 unspecified atom stereocenters. The third-order valence-corrected chi connectivity index (χ3v) is 6.98. The van der Waals surface area contributed by atoms with Crippen molar-refractivity contribution in [1.29, 1.82) is 0 Å². The lowest BCUT2D eigenvalue weighted by Crippen LogP contribution is -2.47. The zero-order chi connectivity index (χ0) is 24.5. The molecule has 0 aliphatic carbocycles. The molecule has 1 saturated heterocycles. The second-order valence-corrected chi connectivity index (χ2v) is 9.36. The highest BCUT2D eigenvalue weighted by atomic mass is 16.5. The SMILES string of the molecule is COc1ccc(Cn2nnnc2[C@@H](c2cc3cc(C)c(C)cc3[nH]c2=O)N2CCN(C)CC2)cc1. The Morgan fingerprint density at radius 3 is 2.46 bits per heavy atom. The van der Waals surface area contributed by atoms with E-state index in [1.54, 1.807) is 11.8 Å². The molecule has 9 heteroatoms. The molecule has 5 rings (SSSR count). The quantitative estimate of drug-likeness (QED) is 0.460. The number of hydrogen-bond acceptors (Lipinski definition) is 7. The summed E-state index contributed by atoms with van der Waals surface area (Å²) in [5, 5.41) is 13.8. The van der Waals surface area contributed by atoms with Gasteiger partial charge in [-0.2, -0.15) is 0 Å². The van der Waals surface area contributed by atoms with Crippen LogP contribution in [0.15, 0.2) is 47.3 Å². The van der Waals surface area contributed by atoms with Crippen molar-refractivity contribution in [3.63, 3.8) is 0 Å². The number of methoxy groups -OCH3 is 1. The second-order valence-electron chi connectivity index (χ2n) is 9.36. The predicted octanol–water partition coefficient (Wildman–Crippen LogP) is 2.53. The van der Waals surface area contributed by atoms with Crippen LogP contribution in [0, 0.1) is 13.8 Å². The first-order valence-electron chi connectivity index (χ1n) is 11.9. The Morgan fingerprint density at radius 2 is 1.74 bits per heavy atom. The summed E-state index contributed by atoms with van der Waals surface area (Å²) in [5.74, 6) is 1.47. The highest BCUT2D eigenvalue weighted by Gasteiger charge is 2.32. The van der Waals surface area contributed by atoms with E-state index in [0.29, 0.717) is 17.9 Å². The molecule has 0 saturated carbocycles. The number of likely N-dealkylation sites (N-methyl/N-ethyl adjacent to an activating group) is 1. The van der Waals surface area contributed by atoms with Crippen LogP contribution in [0.3, 0.4) is 0 Å². The Morgan fingerprint density at radius 1 is 1.03 bits per heavy atom. The lowest BCUT2D eigenvalue weighted by atomic mass is 10.00. The molecule has 1 N–H and O–H groups in total. The normalized spacial score (nSPS) is 16.0. The third-order valence-electron chi connectivity index (χ3n) is 6.98. The molecule has 9 nitrogen and oxygen atoms in total. The van der Waals surface area contributed by atoms with E-state index in [9.17, 15) is 4.79 Å². The molecule has 4 aromatic rings. The summed E-state index contributed by atoms with van der Waals surface area (Å²) in [6.45, 7) is 8.12. The van der Waals surface area contributed by atoms with Gasteiger partial charge in [-0.1, -0.05) is 12.1 Å². The number of aromatic nitrogens is 5. The summed E-state index contributed by atoms with van der Waals surface area (Å²) >= 11 is 0. The van der Waals surface area contributed by atoms with Crippen LogP contribution in [0.4, 0.5) is 0 Å². The van der Waals surface area contributed by atoms with Gasteiger partial charge in [0.1, 0.15) is 11.8 Å². The van der Waals surface area contributed by atoms with Crippen molar-refractivity contribution in [2.75, 3.05) is 40.3 Å². The van der Waals surface area contributed by atoms with Crippen molar-refractivity contribution < 1.29 is 4.74 Å². The molecule has 2 aromatic heterocycles. The van der Waals surface area contributed by atoms with Crippen LogP contribution in [-0.4, -0.2) is 75.3 Å². The number of aryl methyl sites for hydroxylation is 2. The highest BCUT2D eigenvalue weighted by molar-refractivity contribution is 5.81. The summed E-state index contributed by atoms with van der Waals surface area (Å²) in [4.78, 5) is 21.2. The molecular weight excluding hydrogens is 442 g/mol. The third kappa shape index (κ3) is 4.69. The van der Waals surface area contributed by atoms with Gasteiger partial charge >= 0.3 is 0 Å². The van der Waals surface area contributed by atoms with E-state index in [2.05, 4.69) is 57.3 Å². The standard InChI is InChI=1S/C26H31N7O2/c1-17-13-20-15-22(26(34)27-23(20)14-18(17)2)24(32-11-9-31(3)10-12-32)25-28-29-30-33(25)16-19-5-7-21(35-4)8-6-19/h5-8,13-15,24H,9-12,16H2,1-4H3,(H,27,34)/t24-/m1/s1.